The predicted octanol–water partition coefficient (Wildman–Crippen LogP) is 5.05. The van der Waals surface area contributed by atoms with Gasteiger partial charge < -0.3 is 19.9 Å². The van der Waals surface area contributed by atoms with Crippen LogP contribution in [0.5, 0.6) is 0 Å². The maximum atomic E-state index is 12.9. The molecule has 12 heteroatoms. The molecule has 0 radical (unpaired) electrons. The van der Waals surface area contributed by atoms with E-state index in [4.69, 9.17) is 21.3 Å². The highest BCUT2D eigenvalue weighted by Gasteiger charge is 2.47. The van der Waals surface area contributed by atoms with Crippen LogP contribution in [0.2, 0.25) is 5.15 Å². The molecule has 1 amide bonds. The fourth-order valence-corrected chi connectivity index (χ4v) is 4.49. The average molecular weight is 499 g/mol. The molecular weight excluding hydrogens is 473 g/mol. The fourth-order valence-electron chi connectivity index (χ4n) is 4.26. The lowest BCUT2D eigenvalue weighted by Gasteiger charge is -2.36. The largest absolute Gasteiger partial charge is 0.444 e. The summed E-state index contributed by atoms with van der Waals surface area (Å²) in [4.78, 5) is 28.7. The number of aromatic nitrogens is 3. The summed E-state index contributed by atoms with van der Waals surface area (Å²) in [5.74, 6) is 0.737. The Kier molecular flexibility index (Phi) is 6.26. The summed E-state index contributed by atoms with van der Waals surface area (Å²) in [5.41, 5.74) is -0.334. The number of halogens is 4. The van der Waals surface area contributed by atoms with Gasteiger partial charge in [-0.1, -0.05) is 18.5 Å². The van der Waals surface area contributed by atoms with Crippen LogP contribution in [0.3, 0.4) is 0 Å². The number of hydrogen-bond donors (Lipinski definition) is 1. The summed E-state index contributed by atoms with van der Waals surface area (Å²) in [6, 6.07) is 3.84. The summed E-state index contributed by atoms with van der Waals surface area (Å²) in [6.07, 6.45) is -2.84. The van der Waals surface area contributed by atoms with Crippen molar-refractivity contribution in [2.24, 2.45) is 0 Å². The van der Waals surface area contributed by atoms with E-state index in [1.165, 1.54) is 0 Å². The van der Waals surface area contributed by atoms with Crippen molar-refractivity contribution in [1.82, 2.24) is 19.9 Å². The van der Waals surface area contributed by atoms with Gasteiger partial charge in [-0.05, 0) is 45.7 Å². The SMILES string of the molecule is CCc1nc(N2C[C@H]3C[C@@H]2CN3C(=O)OC(C)(C)C)ccc1Nc1ncc(C(F)(F)F)c(Cl)n1. The molecule has 4 heterocycles. The number of fused-ring (bicyclic) bond motifs is 2. The highest BCUT2D eigenvalue weighted by molar-refractivity contribution is 6.30. The fraction of sp³-hybridized carbons (Fsp3) is 0.545. The number of nitrogens with zero attached hydrogens (tertiary/aromatic N) is 5. The highest BCUT2D eigenvalue weighted by atomic mass is 35.5. The van der Waals surface area contributed by atoms with E-state index in [-0.39, 0.29) is 24.1 Å². The number of likely N-dealkylation sites (tertiary alicyclic amines) is 1. The Morgan fingerprint density at radius 2 is 1.94 bits per heavy atom. The van der Waals surface area contributed by atoms with Crippen LogP contribution in [0.4, 0.5) is 35.4 Å². The van der Waals surface area contributed by atoms with Gasteiger partial charge in [-0.15, -0.1) is 0 Å². The van der Waals surface area contributed by atoms with Gasteiger partial charge >= 0.3 is 12.3 Å². The first-order chi connectivity index (χ1) is 15.9. The topological polar surface area (TPSA) is 83.5 Å². The summed E-state index contributed by atoms with van der Waals surface area (Å²) in [5, 5.41) is 2.24. The van der Waals surface area contributed by atoms with Crippen LogP contribution in [0.15, 0.2) is 18.3 Å². The zero-order chi connectivity index (χ0) is 24.8. The van der Waals surface area contributed by atoms with Crippen LogP contribution >= 0.6 is 11.6 Å². The third kappa shape index (κ3) is 4.98. The first-order valence-corrected chi connectivity index (χ1v) is 11.4. The number of amides is 1. The number of alkyl halides is 3. The molecule has 34 heavy (non-hydrogen) atoms. The van der Waals surface area contributed by atoms with E-state index in [9.17, 15) is 18.0 Å². The lowest BCUT2D eigenvalue weighted by Crippen LogP contribution is -2.50. The molecule has 0 saturated carbocycles. The minimum atomic E-state index is -4.62. The standard InChI is InChI=1S/C22H26ClF3N6O2/c1-5-15-16(29-19-27-9-14(18(23)30-19)22(24,25)26)6-7-17(28-15)31-10-13-8-12(31)11-32(13)20(33)34-21(2,3)4/h6-7,9,12-13H,5,8,10-11H2,1-4H3,(H,27,29,30)/t12-,13-/m1/s1. The number of carbonyl (C=O) groups excluding carboxylic acids is 1. The molecule has 2 saturated heterocycles. The van der Waals surface area contributed by atoms with Crippen molar-refractivity contribution in [1.29, 1.82) is 0 Å². The van der Waals surface area contributed by atoms with E-state index in [0.717, 1.165) is 12.2 Å². The molecule has 0 aromatic carbocycles. The molecule has 1 N–H and O–H groups in total. The molecular formula is C22H26ClF3N6O2. The Morgan fingerprint density at radius 3 is 2.50 bits per heavy atom. The number of anilines is 3. The average Bonchev–Trinajstić information content (AvgIpc) is 3.33. The molecule has 2 aliphatic rings. The van der Waals surface area contributed by atoms with Gasteiger partial charge in [-0.25, -0.2) is 19.7 Å². The molecule has 184 valence electrons. The summed E-state index contributed by atoms with van der Waals surface area (Å²) in [6.45, 7) is 8.70. The molecule has 2 aromatic rings. The second-order valence-electron chi connectivity index (χ2n) is 9.37. The van der Waals surface area contributed by atoms with Crippen molar-refractivity contribution in [3.8, 4) is 0 Å². The summed E-state index contributed by atoms with van der Waals surface area (Å²) < 4.78 is 44.2. The van der Waals surface area contributed by atoms with Crippen LogP contribution in [-0.2, 0) is 17.3 Å². The zero-order valence-electron chi connectivity index (χ0n) is 19.3. The van der Waals surface area contributed by atoms with Crippen LogP contribution in [-0.4, -0.2) is 56.7 Å². The number of nitrogens with one attached hydrogen (secondary N) is 1. The van der Waals surface area contributed by atoms with Gasteiger partial charge in [0.1, 0.15) is 22.1 Å². The van der Waals surface area contributed by atoms with E-state index in [1.54, 1.807) is 11.0 Å². The van der Waals surface area contributed by atoms with Gasteiger partial charge in [0.15, 0.2) is 0 Å². The molecule has 2 aliphatic heterocycles. The van der Waals surface area contributed by atoms with Crippen molar-refractivity contribution in [2.45, 2.75) is 64.4 Å². The zero-order valence-corrected chi connectivity index (χ0v) is 20.0. The van der Waals surface area contributed by atoms with Crippen LogP contribution in [0, 0.1) is 0 Å². The maximum absolute atomic E-state index is 12.9. The number of aryl methyl sites for hydroxylation is 1. The Hall–Kier alpha value is -2.82. The molecule has 0 aliphatic carbocycles. The Balaban J connectivity index is 1.47. The molecule has 8 nitrogen and oxygen atoms in total. The normalized spacial score (nSPS) is 20.1. The third-order valence-electron chi connectivity index (χ3n) is 5.75. The molecule has 2 bridgehead atoms. The Bertz CT molecular complexity index is 1090. The van der Waals surface area contributed by atoms with E-state index in [2.05, 4.69) is 20.2 Å². The quantitative estimate of drug-likeness (QED) is 0.591. The molecule has 2 atom stereocenters. The van der Waals surface area contributed by atoms with Crippen LogP contribution in [0.25, 0.3) is 0 Å². The summed E-state index contributed by atoms with van der Waals surface area (Å²) in [7, 11) is 0. The molecule has 0 unspecified atom stereocenters. The molecule has 2 aromatic heterocycles. The lowest BCUT2D eigenvalue weighted by atomic mass is 10.2. The van der Waals surface area contributed by atoms with Gasteiger partial charge in [0.25, 0.3) is 0 Å². The second kappa shape index (κ2) is 8.75. The number of rotatable bonds is 4. The Labute approximate surface area is 200 Å². The van der Waals surface area contributed by atoms with Gasteiger partial charge in [0.05, 0.1) is 23.5 Å². The van der Waals surface area contributed by atoms with E-state index in [1.807, 2.05) is 33.8 Å². The van der Waals surface area contributed by atoms with Gasteiger partial charge in [-0.2, -0.15) is 13.2 Å². The number of hydrogen-bond acceptors (Lipinski definition) is 7. The lowest BCUT2D eigenvalue weighted by molar-refractivity contribution is -0.137. The molecule has 2 fully saturated rings. The number of piperazine rings is 1. The number of pyridine rings is 1. The highest BCUT2D eigenvalue weighted by Crippen LogP contribution is 2.36. The first-order valence-electron chi connectivity index (χ1n) is 11.0. The van der Waals surface area contributed by atoms with E-state index >= 15 is 0 Å². The second-order valence-corrected chi connectivity index (χ2v) is 9.72. The smallest absolute Gasteiger partial charge is 0.420 e. The minimum Gasteiger partial charge on any atom is -0.444 e. The maximum Gasteiger partial charge on any atom is 0.420 e. The molecule has 0 spiro atoms. The van der Waals surface area contributed by atoms with Gasteiger partial charge in [0.2, 0.25) is 5.95 Å². The first kappa shape index (κ1) is 24.3. The minimum absolute atomic E-state index is 0.0459. The number of carbonyl (C=O) groups is 1. The monoisotopic (exact) mass is 498 g/mol. The van der Waals surface area contributed by atoms with E-state index in [0.29, 0.717) is 37.1 Å². The third-order valence-corrected chi connectivity index (χ3v) is 6.04. The predicted molar refractivity (Wildman–Crippen MR) is 121 cm³/mol. The molecule has 4 rings (SSSR count). The van der Waals surface area contributed by atoms with Crippen LogP contribution < -0.4 is 10.2 Å². The number of ether oxygens (including phenoxy) is 1. The van der Waals surface area contributed by atoms with Crippen LogP contribution in [0.1, 0.15) is 45.4 Å². The van der Waals surface area contributed by atoms with Crippen molar-refractivity contribution in [3.63, 3.8) is 0 Å². The van der Waals surface area contributed by atoms with Gasteiger partial charge in [-0.3, -0.25) is 0 Å². The van der Waals surface area contributed by atoms with E-state index < -0.39 is 22.5 Å². The van der Waals surface area contributed by atoms with Crippen molar-refractivity contribution in [3.05, 3.63) is 34.7 Å². The van der Waals surface area contributed by atoms with Gasteiger partial charge in [0, 0.05) is 19.3 Å². The Morgan fingerprint density at radius 1 is 1.21 bits per heavy atom. The summed E-state index contributed by atoms with van der Waals surface area (Å²) >= 11 is 5.70. The van der Waals surface area contributed by atoms with Crippen molar-refractivity contribution >= 4 is 35.1 Å². The van der Waals surface area contributed by atoms with Crippen molar-refractivity contribution < 1.29 is 22.7 Å². The van der Waals surface area contributed by atoms with Crippen molar-refractivity contribution in [2.75, 3.05) is 23.3 Å².